The van der Waals surface area contributed by atoms with Crippen molar-refractivity contribution in [3.05, 3.63) is 71.4 Å². The third-order valence-electron chi connectivity index (χ3n) is 6.64. The van der Waals surface area contributed by atoms with Gasteiger partial charge in [0.05, 0.1) is 12.8 Å². The molecule has 1 aromatic heterocycles. The van der Waals surface area contributed by atoms with Crippen molar-refractivity contribution < 1.29 is 4.74 Å². The molecule has 0 radical (unpaired) electrons. The van der Waals surface area contributed by atoms with Gasteiger partial charge in [0, 0.05) is 48.6 Å². The van der Waals surface area contributed by atoms with Gasteiger partial charge in [-0.05, 0) is 46.0 Å². The number of nitrogens with zero attached hydrogens (tertiary/aromatic N) is 4. The monoisotopic (exact) mass is 418 g/mol. The Morgan fingerprint density at radius 3 is 2.35 bits per heavy atom. The standard InChI is InChI=1S/C26H34N4O/c1-20-24(26(27-29(20)3)21-10-6-5-7-11-21)19-30(23-14-16-28(2)17-15-23)18-22-12-8-9-13-25(22)31-4/h5-13,23H,14-19H2,1-4H3. The maximum Gasteiger partial charge on any atom is 0.123 e. The minimum atomic E-state index is 0.546. The number of likely N-dealkylation sites (tertiary alicyclic amines) is 1. The molecular weight excluding hydrogens is 384 g/mol. The van der Waals surface area contributed by atoms with Crippen LogP contribution in [0.15, 0.2) is 54.6 Å². The lowest BCUT2D eigenvalue weighted by Crippen LogP contribution is -2.43. The number of ether oxygens (including phenoxy) is 1. The summed E-state index contributed by atoms with van der Waals surface area (Å²) in [4.78, 5) is 5.07. The van der Waals surface area contributed by atoms with Crippen molar-refractivity contribution in [3.8, 4) is 17.0 Å². The Morgan fingerprint density at radius 2 is 1.65 bits per heavy atom. The summed E-state index contributed by atoms with van der Waals surface area (Å²) in [7, 11) is 6.03. The number of aryl methyl sites for hydroxylation is 1. The highest BCUT2D eigenvalue weighted by atomic mass is 16.5. The van der Waals surface area contributed by atoms with Crippen LogP contribution in [0.25, 0.3) is 11.3 Å². The van der Waals surface area contributed by atoms with Gasteiger partial charge in [-0.3, -0.25) is 9.58 Å². The van der Waals surface area contributed by atoms with E-state index in [1.54, 1.807) is 7.11 Å². The Morgan fingerprint density at radius 1 is 0.968 bits per heavy atom. The van der Waals surface area contributed by atoms with Gasteiger partial charge in [-0.2, -0.15) is 5.10 Å². The summed E-state index contributed by atoms with van der Waals surface area (Å²) >= 11 is 0. The second-order valence-electron chi connectivity index (χ2n) is 8.65. The van der Waals surface area contributed by atoms with Gasteiger partial charge in [0.15, 0.2) is 0 Å². The molecule has 0 atom stereocenters. The molecule has 2 heterocycles. The molecule has 3 aromatic rings. The average molecular weight is 419 g/mol. The van der Waals surface area contributed by atoms with E-state index in [1.807, 2.05) is 17.8 Å². The van der Waals surface area contributed by atoms with Crippen molar-refractivity contribution >= 4 is 0 Å². The Hall–Kier alpha value is -2.63. The first-order chi connectivity index (χ1) is 15.1. The third-order valence-corrected chi connectivity index (χ3v) is 6.64. The van der Waals surface area contributed by atoms with Gasteiger partial charge < -0.3 is 9.64 Å². The largest absolute Gasteiger partial charge is 0.496 e. The van der Waals surface area contributed by atoms with Crippen molar-refractivity contribution in [2.24, 2.45) is 7.05 Å². The van der Waals surface area contributed by atoms with Crippen LogP contribution in [0.5, 0.6) is 5.75 Å². The molecule has 0 amide bonds. The summed E-state index contributed by atoms with van der Waals surface area (Å²) < 4.78 is 7.69. The predicted octanol–water partition coefficient (Wildman–Crippen LogP) is 4.50. The fraction of sp³-hybridized carbons (Fsp3) is 0.423. The summed E-state index contributed by atoms with van der Waals surface area (Å²) in [5.74, 6) is 0.964. The second-order valence-corrected chi connectivity index (χ2v) is 8.65. The maximum absolute atomic E-state index is 5.67. The van der Waals surface area contributed by atoms with Gasteiger partial charge in [0.25, 0.3) is 0 Å². The first-order valence-corrected chi connectivity index (χ1v) is 11.2. The van der Waals surface area contributed by atoms with Crippen LogP contribution >= 0.6 is 0 Å². The van der Waals surface area contributed by atoms with Gasteiger partial charge in [0.2, 0.25) is 0 Å². The van der Waals surface area contributed by atoms with E-state index in [9.17, 15) is 0 Å². The number of hydrogen-bond acceptors (Lipinski definition) is 4. The summed E-state index contributed by atoms with van der Waals surface area (Å²) in [6, 6.07) is 19.5. The van der Waals surface area contributed by atoms with Crippen LogP contribution in [0.3, 0.4) is 0 Å². The van der Waals surface area contributed by atoms with Crippen molar-refractivity contribution in [2.75, 3.05) is 27.2 Å². The van der Waals surface area contributed by atoms with Crippen LogP contribution in [0.2, 0.25) is 0 Å². The Balaban J connectivity index is 1.68. The van der Waals surface area contributed by atoms with Crippen LogP contribution in [0.4, 0.5) is 0 Å². The number of para-hydroxylation sites is 1. The van der Waals surface area contributed by atoms with Crippen LogP contribution in [0.1, 0.15) is 29.7 Å². The molecule has 1 fully saturated rings. The van der Waals surface area contributed by atoms with Crippen molar-refractivity contribution in [3.63, 3.8) is 0 Å². The van der Waals surface area contributed by atoms with E-state index in [4.69, 9.17) is 9.84 Å². The Bertz CT molecular complexity index is 990. The minimum absolute atomic E-state index is 0.546. The molecular formula is C26H34N4O. The van der Waals surface area contributed by atoms with Gasteiger partial charge in [-0.15, -0.1) is 0 Å². The van der Waals surface area contributed by atoms with E-state index in [2.05, 4.69) is 72.3 Å². The molecule has 0 saturated carbocycles. The Labute approximate surface area is 186 Å². The fourth-order valence-electron chi connectivity index (χ4n) is 4.60. The number of benzene rings is 2. The fourth-order valence-corrected chi connectivity index (χ4v) is 4.60. The minimum Gasteiger partial charge on any atom is -0.496 e. The third kappa shape index (κ3) is 4.83. The van der Waals surface area contributed by atoms with E-state index in [0.29, 0.717) is 6.04 Å². The lowest BCUT2D eigenvalue weighted by molar-refractivity contribution is 0.107. The normalized spacial score (nSPS) is 15.5. The van der Waals surface area contributed by atoms with Crippen LogP contribution in [-0.2, 0) is 20.1 Å². The SMILES string of the molecule is COc1ccccc1CN(Cc1c(-c2ccccc2)nn(C)c1C)C1CCN(C)CC1. The molecule has 164 valence electrons. The van der Waals surface area contributed by atoms with E-state index >= 15 is 0 Å². The van der Waals surface area contributed by atoms with E-state index in [1.165, 1.54) is 35.2 Å². The highest BCUT2D eigenvalue weighted by Crippen LogP contribution is 2.30. The molecule has 4 rings (SSSR count). The summed E-state index contributed by atoms with van der Waals surface area (Å²) in [6.45, 7) is 6.23. The highest BCUT2D eigenvalue weighted by Gasteiger charge is 2.27. The molecule has 1 aliphatic rings. The summed E-state index contributed by atoms with van der Waals surface area (Å²) in [5, 5.41) is 4.89. The molecule has 0 aliphatic carbocycles. The molecule has 5 nitrogen and oxygen atoms in total. The van der Waals surface area contributed by atoms with Crippen molar-refractivity contribution in [2.45, 2.75) is 38.9 Å². The van der Waals surface area contributed by atoms with Crippen LogP contribution in [-0.4, -0.2) is 52.9 Å². The van der Waals surface area contributed by atoms with E-state index in [-0.39, 0.29) is 0 Å². The molecule has 0 bridgehead atoms. The number of rotatable bonds is 7. The van der Waals surface area contributed by atoms with Crippen LogP contribution in [0, 0.1) is 6.92 Å². The van der Waals surface area contributed by atoms with E-state index in [0.717, 1.165) is 37.6 Å². The maximum atomic E-state index is 5.67. The highest BCUT2D eigenvalue weighted by molar-refractivity contribution is 5.64. The van der Waals surface area contributed by atoms with Crippen molar-refractivity contribution in [1.29, 1.82) is 0 Å². The Kier molecular flexibility index (Phi) is 6.73. The first kappa shape index (κ1) is 21.6. The lowest BCUT2D eigenvalue weighted by Gasteiger charge is -2.37. The summed E-state index contributed by atoms with van der Waals surface area (Å²) in [5.41, 5.74) is 6.08. The zero-order valence-corrected chi connectivity index (χ0v) is 19.2. The topological polar surface area (TPSA) is 33.5 Å². The zero-order chi connectivity index (χ0) is 21.8. The number of aromatic nitrogens is 2. The van der Waals surface area contributed by atoms with Gasteiger partial charge in [0.1, 0.15) is 5.75 Å². The number of hydrogen-bond donors (Lipinski definition) is 0. The van der Waals surface area contributed by atoms with Gasteiger partial charge in [-0.1, -0.05) is 48.5 Å². The molecule has 31 heavy (non-hydrogen) atoms. The zero-order valence-electron chi connectivity index (χ0n) is 19.2. The lowest BCUT2D eigenvalue weighted by atomic mass is 9.99. The molecule has 0 unspecified atom stereocenters. The molecule has 5 heteroatoms. The average Bonchev–Trinajstić information content (AvgIpc) is 3.08. The predicted molar refractivity (Wildman–Crippen MR) is 126 cm³/mol. The van der Waals surface area contributed by atoms with Gasteiger partial charge in [-0.25, -0.2) is 0 Å². The smallest absolute Gasteiger partial charge is 0.123 e. The first-order valence-electron chi connectivity index (χ1n) is 11.2. The molecule has 1 saturated heterocycles. The number of methoxy groups -OCH3 is 1. The van der Waals surface area contributed by atoms with Gasteiger partial charge >= 0.3 is 0 Å². The quantitative estimate of drug-likeness (QED) is 0.566. The van der Waals surface area contributed by atoms with E-state index < -0.39 is 0 Å². The molecule has 0 spiro atoms. The second kappa shape index (κ2) is 9.67. The molecule has 1 aliphatic heterocycles. The molecule has 0 N–H and O–H groups in total. The summed E-state index contributed by atoms with van der Waals surface area (Å²) in [6.07, 6.45) is 2.37. The van der Waals surface area contributed by atoms with Crippen LogP contribution < -0.4 is 4.74 Å². The molecule has 2 aromatic carbocycles. The number of piperidine rings is 1. The van der Waals surface area contributed by atoms with Crippen molar-refractivity contribution in [1.82, 2.24) is 19.6 Å².